The van der Waals surface area contributed by atoms with Crippen LogP contribution in [0.4, 0.5) is 0 Å². The number of hydrogen-bond donors (Lipinski definition) is 1. The summed E-state index contributed by atoms with van der Waals surface area (Å²) in [6.45, 7) is 4.02. The van der Waals surface area contributed by atoms with Gasteiger partial charge in [0.05, 0.1) is 6.61 Å². The first-order valence-electron chi connectivity index (χ1n) is 20.1. The van der Waals surface area contributed by atoms with Crippen LogP contribution >= 0.6 is 0 Å². The van der Waals surface area contributed by atoms with Crippen molar-refractivity contribution >= 4 is 11.9 Å². The first-order chi connectivity index (χ1) is 24.6. The zero-order valence-corrected chi connectivity index (χ0v) is 32.1. The van der Waals surface area contributed by atoms with E-state index in [1.54, 1.807) is 0 Å². The molecule has 284 valence electrons. The van der Waals surface area contributed by atoms with E-state index in [-0.39, 0.29) is 25.2 Å². The summed E-state index contributed by atoms with van der Waals surface area (Å²) < 4.78 is 10.6. The topological polar surface area (TPSA) is 72.8 Å². The molecule has 0 aliphatic heterocycles. The monoisotopic (exact) mass is 695 g/mol. The van der Waals surface area contributed by atoms with Gasteiger partial charge in [-0.1, -0.05) is 144 Å². The molecule has 1 atom stereocenters. The van der Waals surface area contributed by atoms with Crippen molar-refractivity contribution in [3.8, 4) is 0 Å². The van der Waals surface area contributed by atoms with Crippen LogP contribution < -0.4 is 0 Å². The quantitative estimate of drug-likeness (QED) is 0.0406. The molecule has 1 N–H and O–H groups in total. The molecule has 0 fully saturated rings. The minimum absolute atomic E-state index is 0.0956. The Kier molecular flexibility index (Phi) is 38.1. The predicted octanol–water partition coefficient (Wildman–Crippen LogP) is 12.7. The molecule has 0 aromatic heterocycles. The van der Waals surface area contributed by atoms with Gasteiger partial charge < -0.3 is 14.6 Å². The molecular weight excluding hydrogens is 620 g/mol. The summed E-state index contributed by atoms with van der Waals surface area (Å²) in [6, 6.07) is 0. The molecule has 0 aromatic carbocycles. The SMILES string of the molecule is CCCCCC=CCC=CCC=CCC=CCCCCCC(=O)O[C@@H](CO)COC(=O)CCCCCCC=CCC=CCC=CCCCCC. The average molecular weight is 695 g/mol. The minimum Gasteiger partial charge on any atom is -0.462 e. The Morgan fingerprint density at radius 1 is 0.460 bits per heavy atom. The molecule has 0 heterocycles. The van der Waals surface area contributed by atoms with E-state index < -0.39 is 6.10 Å². The molecule has 5 heteroatoms. The summed E-state index contributed by atoms with van der Waals surface area (Å²) in [6.07, 6.45) is 54.9. The number of aliphatic hydroxyl groups excluding tert-OH is 1. The number of ether oxygens (including phenoxy) is 2. The lowest BCUT2D eigenvalue weighted by atomic mass is 10.1. The van der Waals surface area contributed by atoms with Crippen molar-refractivity contribution in [2.75, 3.05) is 13.2 Å². The summed E-state index contributed by atoms with van der Waals surface area (Å²) in [5.74, 6) is -0.660. The Hall–Kier alpha value is -2.92. The van der Waals surface area contributed by atoms with E-state index in [9.17, 15) is 14.7 Å². The molecule has 0 aromatic rings. The zero-order chi connectivity index (χ0) is 36.4. The highest BCUT2D eigenvalue weighted by molar-refractivity contribution is 5.70. The molecule has 0 saturated carbocycles. The van der Waals surface area contributed by atoms with Crippen LogP contribution in [0.2, 0.25) is 0 Å². The highest BCUT2D eigenvalue weighted by Crippen LogP contribution is 2.10. The number of hydrogen-bond acceptors (Lipinski definition) is 5. The van der Waals surface area contributed by atoms with Crippen LogP contribution in [-0.4, -0.2) is 36.4 Å². The van der Waals surface area contributed by atoms with E-state index >= 15 is 0 Å². The van der Waals surface area contributed by atoms with Gasteiger partial charge in [0.1, 0.15) is 6.61 Å². The number of esters is 2. The fraction of sp³-hybridized carbons (Fsp3) is 0.644. The van der Waals surface area contributed by atoms with E-state index in [4.69, 9.17) is 9.47 Å². The van der Waals surface area contributed by atoms with Crippen molar-refractivity contribution < 1.29 is 24.2 Å². The Morgan fingerprint density at radius 3 is 1.20 bits per heavy atom. The van der Waals surface area contributed by atoms with Crippen molar-refractivity contribution in [2.45, 2.75) is 174 Å². The number of allylic oxidation sites excluding steroid dienone is 14. The van der Waals surface area contributed by atoms with Crippen LogP contribution in [0.1, 0.15) is 168 Å². The molecule has 0 unspecified atom stereocenters. The van der Waals surface area contributed by atoms with Gasteiger partial charge in [0.2, 0.25) is 0 Å². The van der Waals surface area contributed by atoms with Gasteiger partial charge in [0.25, 0.3) is 0 Å². The second kappa shape index (κ2) is 40.5. The molecule has 0 rings (SSSR count). The lowest BCUT2D eigenvalue weighted by molar-refractivity contribution is -0.161. The number of rotatable bonds is 35. The fourth-order valence-corrected chi connectivity index (χ4v) is 5.07. The number of aliphatic hydroxyl groups is 1. The second-order valence-electron chi connectivity index (χ2n) is 13.0. The molecule has 5 nitrogen and oxygen atoms in total. The third kappa shape index (κ3) is 37.9. The average Bonchev–Trinajstić information content (AvgIpc) is 3.12. The van der Waals surface area contributed by atoms with Crippen molar-refractivity contribution in [3.63, 3.8) is 0 Å². The largest absolute Gasteiger partial charge is 0.462 e. The summed E-state index contributed by atoms with van der Waals surface area (Å²) in [5.41, 5.74) is 0. The van der Waals surface area contributed by atoms with E-state index in [1.807, 2.05) is 0 Å². The predicted molar refractivity (Wildman–Crippen MR) is 214 cm³/mol. The lowest BCUT2D eigenvalue weighted by Gasteiger charge is -2.15. The summed E-state index contributed by atoms with van der Waals surface area (Å²) in [5, 5.41) is 9.56. The maximum Gasteiger partial charge on any atom is 0.306 e. The van der Waals surface area contributed by atoms with Crippen molar-refractivity contribution in [3.05, 3.63) is 85.1 Å². The highest BCUT2D eigenvalue weighted by atomic mass is 16.6. The van der Waals surface area contributed by atoms with Gasteiger partial charge in [-0.25, -0.2) is 0 Å². The molecule has 0 radical (unpaired) electrons. The number of carbonyl (C=O) groups excluding carboxylic acids is 2. The summed E-state index contributed by atoms with van der Waals surface area (Å²) in [7, 11) is 0. The third-order valence-electron chi connectivity index (χ3n) is 8.16. The Labute approximate surface area is 307 Å². The van der Waals surface area contributed by atoms with Crippen LogP contribution in [0.25, 0.3) is 0 Å². The first-order valence-corrected chi connectivity index (χ1v) is 20.1. The van der Waals surface area contributed by atoms with E-state index in [0.29, 0.717) is 12.8 Å². The minimum atomic E-state index is -0.802. The Bertz CT molecular complexity index is 968. The Balaban J connectivity index is 3.71. The Morgan fingerprint density at radius 2 is 0.800 bits per heavy atom. The summed E-state index contributed by atoms with van der Waals surface area (Å²) >= 11 is 0. The van der Waals surface area contributed by atoms with Gasteiger partial charge >= 0.3 is 11.9 Å². The molecule has 0 aliphatic rings. The first kappa shape index (κ1) is 47.1. The maximum absolute atomic E-state index is 12.2. The van der Waals surface area contributed by atoms with Crippen LogP contribution in [0.5, 0.6) is 0 Å². The van der Waals surface area contributed by atoms with Gasteiger partial charge in [-0.15, -0.1) is 0 Å². The molecule has 0 amide bonds. The van der Waals surface area contributed by atoms with Crippen molar-refractivity contribution in [2.24, 2.45) is 0 Å². The normalized spacial score (nSPS) is 13.1. The van der Waals surface area contributed by atoms with E-state index in [2.05, 4.69) is 98.9 Å². The van der Waals surface area contributed by atoms with Gasteiger partial charge in [-0.3, -0.25) is 9.59 Å². The van der Waals surface area contributed by atoms with E-state index in [0.717, 1.165) is 89.9 Å². The van der Waals surface area contributed by atoms with Crippen LogP contribution in [0, 0.1) is 0 Å². The molecule has 50 heavy (non-hydrogen) atoms. The van der Waals surface area contributed by atoms with Crippen LogP contribution in [0.15, 0.2) is 85.1 Å². The molecule has 0 aliphatic carbocycles. The van der Waals surface area contributed by atoms with Gasteiger partial charge in [-0.2, -0.15) is 0 Å². The lowest BCUT2D eigenvalue weighted by Crippen LogP contribution is -2.28. The van der Waals surface area contributed by atoms with Crippen molar-refractivity contribution in [1.29, 1.82) is 0 Å². The standard InChI is InChI=1S/C45H74O5/c1-3-5-7-9-11-13-15-17-19-21-22-24-26-28-30-32-34-36-38-40-45(48)50-43(41-46)42-49-44(47)39-37-35-33-31-29-27-25-23-20-18-16-14-12-10-8-6-4-2/h11-14,17-20,22,24-25,27-28,30,43,46H,3-10,15-16,21,23,26,29,31-42H2,1-2H3/t43-/m0/s1. The van der Waals surface area contributed by atoms with Gasteiger partial charge in [-0.05, 0) is 96.3 Å². The molecule has 0 bridgehead atoms. The smallest absolute Gasteiger partial charge is 0.306 e. The number of unbranched alkanes of at least 4 members (excludes halogenated alkanes) is 13. The number of carbonyl (C=O) groups is 2. The molecule has 0 spiro atoms. The summed E-state index contributed by atoms with van der Waals surface area (Å²) in [4.78, 5) is 24.3. The van der Waals surface area contributed by atoms with Crippen LogP contribution in [-0.2, 0) is 19.1 Å². The zero-order valence-electron chi connectivity index (χ0n) is 32.1. The fourth-order valence-electron chi connectivity index (χ4n) is 5.07. The van der Waals surface area contributed by atoms with Gasteiger partial charge in [0.15, 0.2) is 6.10 Å². The van der Waals surface area contributed by atoms with E-state index in [1.165, 1.54) is 51.4 Å². The second-order valence-corrected chi connectivity index (χ2v) is 13.0. The molecular formula is C45H74O5. The van der Waals surface area contributed by atoms with Crippen molar-refractivity contribution in [1.82, 2.24) is 0 Å². The molecule has 0 saturated heterocycles. The van der Waals surface area contributed by atoms with Gasteiger partial charge in [0, 0.05) is 12.8 Å². The van der Waals surface area contributed by atoms with Crippen LogP contribution in [0.3, 0.4) is 0 Å². The maximum atomic E-state index is 12.2. The third-order valence-corrected chi connectivity index (χ3v) is 8.16. The highest BCUT2D eigenvalue weighted by Gasteiger charge is 2.16.